The summed E-state index contributed by atoms with van der Waals surface area (Å²) in [6.07, 6.45) is 9.47. The fraction of sp³-hybridized carbons (Fsp3) is 0.436. The van der Waals surface area contributed by atoms with Crippen molar-refractivity contribution in [1.82, 2.24) is 4.90 Å². The number of methoxy groups -OCH3 is 1. The normalized spacial score (nSPS) is 21.9. The summed E-state index contributed by atoms with van der Waals surface area (Å²) in [5.74, 6) is -0.218. The van der Waals surface area contributed by atoms with Gasteiger partial charge in [0.15, 0.2) is 6.29 Å². The first kappa shape index (κ1) is 49.9. The fourth-order valence-electron chi connectivity index (χ4n) is 10.1. The molecule has 3 aliphatic rings. The second-order valence-electron chi connectivity index (χ2n) is 17.5. The SMILES string of the molecule is C=CCOC12Oc3ccc(Oc4ccc(OC)c(C=O)c4)cc3C3C(CCCCO)C(CCCCO)C=C(C(=NOCc4ccccc4)CC1N(CCC)C(=O)OCCOCc1ccccc1)C32. The van der Waals surface area contributed by atoms with Crippen LogP contribution in [0.15, 0.2) is 127 Å². The van der Waals surface area contributed by atoms with Crippen molar-refractivity contribution in [3.05, 3.63) is 144 Å². The average Bonchev–Trinajstić information content (AvgIpc) is 3.36. The quantitative estimate of drug-likeness (QED) is 0.0268. The van der Waals surface area contributed by atoms with Gasteiger partial charge in [0.05, 0.1) is 44.1 Å². The van der Waals surface area contributed by atoms with Crippen LogP contribution in [-0.4, -0.2) is 91.7 Å². The van der Waals surface area contributed by atoms with Crippen LogP contribution in [0, 0.1) is 17.8 Å². The predicted molar refractivity (Wildman–Crippen MR) is 259 cm³/mol. The van der Waals surface area contributed by atoms with E-state index < -0.39 is 23.8 Å². The smallest absolute Gasteiger partial charge is 0.410 e. The molecule has 68 heavy (non-hydrogen) atoms. The number of nitrogens with zero attached hydrogens (tertiary/aromatic N) is 2. The van der Waals surface area contributed by atoms with Gasteiger partial charge >= 0.3 is 6.09 Å². The van der Waals surface area contributed by atoms with Gasteiger partial charge in [-0.05, 0) is 97.0 Å². The van der Waals surface area contributed by atoms with Crippen LogP contribution in [0.3, 0.4) is 0 Å². The second-order valence-corrected chi connectivity index (χ2v) is 17.5. The number of oxime groups is 1. The summed E-state index contributed by atoms with van der Waals surface area (Å²) >= 11 is 0. The summed E-state index contributed by atoms with van der Waals surface area (Å²) in [5.41, 5.74) is 4.83. The van der Waals surface area contributed by atoms with Crippen LogP contribution in [0.4, 0.5) is 4.79 Å². The average molecular weight is 931 g/mol. The molecule has 1 amide bonds. The number of aliphatic hydroxyl groups is 2. The van der Waals surface area contributed by atoms with E-state index in [1.807, 2.05) is 85.8 Å². The van der Waals surface area contributed by atoms with Gasteiger partial charge in [-0.3, -0.25) is 9.69 Å². The Balaban J connectivity index is 1.35. The molecule has 4 aromatic rings. The molecule has 6 unspecified atom stereocenters. The Hall–Kier alpha value is -5.99. The summed E-state index contributed by atoms with van der Waals surface area (Å²) in [7, 11) is 1.51. The van der Waals surface area contributed by atoms with Crippen molar-refractivity contribution >= 4 is 18.1 Å². The summed E-state index contributed by atoms with van der Waals surface area (Å²) in [6.45, 7) is 7.53. The number of amides is 1. The van der Waals surface area contributed by atoms with Crippen LogP contribution >= 0.6 is 0 Å². The van der Waals surface area contributed by atoms with Gasteiger partial charge in [0.1, 0.15) is 42.3 Å². The van der Waals surface area contributed by atoms with Crippen LogP contribution in [0.2, 0.25) is 0 Å². The zero-order valence-corrected chi connectivity index (χ0v) is 39.3. The van der Waals surface area contributed by atoms with Crippen molar-refractivity contribution in [2.24, 2.45) is 22.9 Å². The Morgan fingerprint density at radius 2 is 1.60 bits per heavy atom. The minimum atomic E-state index is -1.46. The largest absolute Gasteiger partial charge is 0.496 e. The summed E-state index contributed by atoms with van der Waals surface area (Å²) < 4.78 is 38.3. The van der Waals surface area contributed by atoms with Crippen LogP contribution in [0.25, 0.3) is 0 Å². The fourth-order valence-corrected chi connectivity index (χ4v) is 10.1. The standard InChI is InChI=1S/C55H66N2O11/c1-4-26-57(54(61)64-31-30-63-37-39-16-8-6-9-17-39)51-35-48(56-66-38-40-18-10-7-11-19-40)46-33-41(20-12-14-27-58)45(21-13-15-28-59)52-47-34-44(67-43-22-24-49(62-3)42(32-43)36-60)23-25-50(47)68-55(51,53(46)52)65-29-5-2/h5-11,16-19,22-25,32-34,36,41,45,51-53,58-59H,2,4,12-15,20-21,26-31,35,37-38H2,1,3H3. The monoisotopic (exact) mass is 930 g/mol. The Morgan fingerprint density at radius 3 is 2.29 bits per heavy atom. The number of unbranched alkanes of at least 4 members (excludes halogenated alkanes) is 2. The number of rotatable bonds is 26. The maximum absolute atomic E-state index is 14.6. The Labute approximate surface area is 400 Å². The lowest BCUT2D eigenvalue weighted by Crippen LogP contribution is -2.70. The number of fused-ring (bicyclic) bond motifs is 2. The molecule has 13 heteroatoms. The van der Waals surface area contributed by atoms with Gasteiger partial charge in [-0.1, -0.05) is 97.7 Å². The van der Waals surface area contributed by atoms with Crippen LogP contribution in [0.1, 0.15) is 91.3 Å². The van der Waals surface area contributed by atoms with Crippen molar-refractivity contribution in [2.45, 2.75) is 89.3 Å². The van der Waals surface area contributed by atoms with E-state index >= 15 is 0 Å². The molecule has 0 saturated heterocycles. The van der Waals surface area contributed by atoms with Crippen molar-refractivity contribution in [3.8, 4) is 23.0 Å². The van der Waals surface area contributed by atoms with E-state index in [-0.39, 0.29) is 63.8 Å². The third-order valence-corrected chi connectivity index (χ3v) is 13.1. The number of hydrogen-bond donors (Lipinski definition) is 2. The number of carbonyl (C=O) groups is 2. The molecule has 0 radical (unpaired) electrons. The molecule has 0 bridgehead atoms. The molecule has 1 heterocycles. The molecule has 0 aromatic heterocycles. The minimum absolute atomic E-state index is 0.000159. The van der Waals surface area contributed by atoms with E-state index in [0.717, 1.165) is 54.2 Å². The minimum Gasteiger partial charge on any atom is -0.496 e. The predicted octanol–water partition coefficient (Wildman–Crippen LogP) is 10.2. The highest BCUT2D eigenvalue weighted by atomic mass is 16.7. The highest BCUT2D eigenvalue weighted by Gasteiger charge is 2.65. The Kier molecular flexibility index (Phi) is 18.2. The Bertz CT molecular complexity index is 2320. The van der Waals surface area contributed by atoms with Gasteiger partial charge in [0.2, 0.25) is 5.79 Å². The van der Waals surface area contributed by atoms with Crippen molar-refractivity contribution in [1.29, 1.82) is 0 Å². The number of benzene rings is 4. The van der Waals surface area contributed by atoms with Gasteiger partial charge in [-0.2, -0.15) is 0 Å². The molecule has 0 spiro atoms. The van der Waals surface area contributed by atoms with Crippen molar-refractivity contribution in [3.63, 3.8) is 0 Å². The second kappa shape index (κ2) is 24.9. The van der Waals surface area contributed by atoms with Gasteiger partial charge in [0, 0.05) is 37.7 Å². The van der Waals surface area contributed by atoms with E-state index in [1.54, 1.807) is 29.2 Å². The number of aliphatic hydroxyl groups excluding tert-OH is 2. The number of ether oxygens (including phenoxy) is 6. The third kappa shape index (κ3) is 11.8. The summed E-state index contributed by atoms with van der Waals surface area (Å²) in [6, 6.07) is 29.8. The molecule has 13 nitrogen and oxygen atoms in total. The first-order valence-corrected chi connectivity index (χ1v) is 24.0. The maximum atomic E-state index is 14.6. The molecule has 1 aliphatic heterocycles. The van der Waals surface area contributed by atoms with Gasteiger partial charge < -0.3 is 43.5 Å². The van der Waals surface area contributed by atoms with E-state index in [4.69, 9.17) is 38.4 Å². The van der Waals surface area contributed by atoms with E-state index in [0.29, 0.717) is 66.7 Å². The molecule has 7 rings (SSSR count). The lowest BCUT2D eigenvalue weighted by molar-refractivity contribution is -0.255. The summed E-state index contributed by atoms with van der Waals surface area (Å²) in [4.78, 5) is 34.6. The van der Waals surface area contributed by atoms with E-state index in [1.165, 1.54) is 7.11 Å². The number of aldehydes is 1. The highest BCUT2D eigenvalue weighted by molar-refractivity contribution is 6.03. The lowest BCUT2D eigenvalue weighted by Gasteiger charge is -2.59. The van der Waals surface area contributed by atoms with Crippen LogP contribution in [0.5, 0.6) is 23.0 Å². The first-order chi connectivity index (χ1) is 33.4. The topological polar surface area (TPSA) is 155 Å². The molecular weight excluding hydrogens is 865 g/mol. The van der Waals surface area contributed by atoms with Gasteiger partial charge in [0.25, 0.3) is 0 Å². The van der Waals surface area contributed by atoms with Gasteiger partial charge in [-0.25, -0.2) is 4.79 Å². The molecular formula is C55H66N2O11. The van der Waals surface area contributed by atoms with Crippen molar-refractivity contribution < 1.29 is 53.1 Å². The molecule has 4 aromatic carbocycles. The zero-order valence-electron chi connectivity index (χ0n) is 39.3. The molecule has 2 N–H and O–H groups in total. The maximum Gasteiger partial charge on any atom is 0.410 e. The molecule has 6 atom stereocenters. The zero-order chi connectivity index (χ0) is 47.7. The first-order valence-electron chi connectivity index (χ1n) is 24.0. The number of carbonyl (C=O) groups excluding carboxylic acids is 2. The molecule has 1 fully saturated rings. The molecule has 1 saturated carbocycles. The number of allylic oxidation sites excluding steroid dienone is 1. The highest BCUT2D eigenvalue weighted by Crippen LogP contribution is 2.62. The van der Waals surface area contributed by atoms with Crippen molar-refractivity contribution in [2.75, 3.05) is 46.7 Å². The van der Waals surface area contributed by atoms with Gasteiger partial charge in [-0.15, -0.1) is 6.58 Å². The lowest BCUT2D eigenvalue weighted by atomic mass is 9.55. The third-order valence-electron chi connectivity index (χ3n) is 13.1. The molecule has 2 aliphatic carbocycles. The van der Waals surface area contributed by atoms with Crippen LogP contribution < -0.4 is 14.2 Å². The van der Waals surface area contributed by atoms with Crippen LogP contribution in [-0.2, 0) is 32.3 Å². The number of hydrogen-bond acceptors (Lipinski definition) is 12. The van der Waals surface area contributed by atoms with E-state index in [9.17, 15) is 19.8 Å². The Morgan fingerprint density at radius 1 is 0.897 bits per heavy atom. The van der Waals surface area contributed by atoms with E-state index in [2.05, 4.69) is 12.7 Å². The molecule has 362 valence electrons. The summed E-state index contributed by atoms with van der Waals surface area (Å²) in [5, 5.41) is 24.9.